The molecule has 2 heteroatoms. The summed E-state index contributed by atoms with van der Waals surface area (Å²) >= 11 is 0. The van der Waals surface area contributed by atoms with Gasteiger partial charge in [0.1, 0.15) is 0 Å². The minimum Gasteiger partial charge on any atom is -0.307 e. The standard InChI is InChI=1S/C26H26N2/c1-2-11-21(12-3-1)28-27-18-20-10-5-7-14-23(20)25-16-8-15-24-22-13-6-4-9-19(22)17-26(24)25/h4-10,13-16,18,21,28H,1-3,11-12,17H2. The number of nitrogens with zero attached hydrogens (tertiary/aromatic N) is 1. The number of nitrogens with one attached hydrogen (secondary N) is 1. The van der Waals surface area contributed by atoms with Gasteiger partial charge in [0.2, 0.25) is 0 Å². The molecule has 1 saturated carbocycles. The predicted octanol–water partition coefficient (Wildman–Crippen LogP) is 6.18. The maximum Gasteiger partial charge on any atom is 0.0546 e. The number of rotatable bonds is 4. The smallest absolute Gasteiger partial charge is 0.0546 e. The zero-order valence-electron chi connectivity index (χ0n) is 16.2. The zero-order chi connectivity index (χ0) is 18.8. The van der Waals surface area contributed by atoms with E-state index in [4.69, 9.17) is 0 Å². The zero-order valence-corrected chi connectivity index (χ0v) is 16.2. The first-order valence-corrected chi connectivity index (χ1v) is 10.5. The number of fused-ring (bicyclic) bond motifs is 3. The molecule has 0 radical (unpaired) electrons. The molecule has 28 heavy (non-hydrogen) atoms. The summed E-state index contributed by atoms with van der Waals surface area (Å²) in [6.07, 6.45) is 9.50. The van der Waals surface area contributed by atoms with Crippen molar-refractivity contribution in [1.82, 2.24) is 5.43 Å². The Hall–Kier alpha value is -2.87. The third kappa shape index (κ3) is 3.24. The van der Waals surface area contributed by atoms with Crippen molar-refractivity contribution < 1.29 is 0 Å². The highest BCUT2D eigenvalue weighted by Crippen LogP contribution is 2.41. The molecule has 3 aromatic carbocycles. The van der Waals surface area contributed by atoms with E-state index in [2.05, 4.69) is 77.3 Å². The van der Waals surface area contributed by atoms with Gasteiger partial charge in [-0.2, -0.15) is 5.10 Å². The summed E-state index contributed by atoms with van der Waals surface area (Å²) < 4.78 is 0. The van der Waals surface area contributed by atoms with Crippen LogP contribution in [0.3, 0.4) is 0 Å². The van der Waals surface area contributed by atoms with Gasteiger partial charge in [0.15, 0.2) is 0 Å². The predicted molar refractivity (Wildman–Crippen MR) is 118 cm³/mol. The third-order valence-corrected chi connectivity index (χ3v) is 6.17. The van der Waals surface area contributed by atoms with Crippen LogP contribution in [0.15, 0.2) is 71.8 Å². The van der Waals surface area contributed by atoms with Gasteiger partial charge in [-0.15, -0.1) is 0 Å². The number of hydrogen-bond acceptors (Lipinski definition) is 2. The Labute approximate surface area is 167 Å². The average molecular weight is 367 g/mol. The van der Waals surface area contributed by atoms with Crippen molar-refractivity contribution in [1.29, 1.82) is 0 Å². The van der Waals surface area contributed by atoms with E-state index in [1.165, 1.54) is 71.0 Å². The Morgan fingerprint density at radius 2 is 1.39 bits per heavy atom. The normalized spacial score (nSPS) is 16.1. The SMILES string of the molecule is C(=NNC1CCCCC1)c1ccccc1-c1cccc2c1Cc1ccccc1-2. The lowest BCUT2D eigenvalue weighted by molar-refractivity contribution is 0.381. The highest BCUT2D eigenvalue weighted by atomic mass is 15.3. The van der Waals surface area contributed by atoms with Crippen LogP contribution in [0.25, 0.3) is 22.3 Å². The Kier molecular flexibility index (Phi) is 4.70. The summed E-state index contributed by atoms with van der Waals surface area (Å²) in [5.74, 6) is 0. The van der Waals surface area contributed by atoms with Crippen molar-refractivity contribution in [3.8, 4) is 22.3 Å². The van der Waals surface area contributed by atoms with Gasteiger partial charge in [0, 0.05) is 11.6 Å². The third-order valence-electron chi connectivity index (χ3n) is 6.17. The molecule has 3 aromatic rings. The molecule has 5 rings (SSSR count). The topological polar surface area (TPSA) is 24.4 Å². The van der Waals surface area contributed by atoms with Crippen molar-refractivity contribution in [3.63, 3.8) is 0 Å². The second-order valence-electron chi connectivity index (χ2n) is 7.98. The molecule has 0 amide bonds. The van der Waals surface area contributed by atoms with Gasteiger partial charge in [0.05, 0.1) is 6.21 Å². The van der Waals surface area contributed by atoms with Crippen LogP contribution in [-0.4, -0.2) is 12.3 Å². The molecule has 0 spiro atoms. The summed E-state index contributed by atoms with van der Waals surface area (Å²) in [7, 11) is 0. The van der Waals surface area contributed by atoms with Gasteiger partial charge >= 0.3 is 0 Å². The highest BCUT2D eigenvalue weighted by Gasteiger charge is 2.21. The average Bonchev–Trinajstić information content (AvgIpc) is 3.14. The van der Waals surface area contributed by atoms with E-state index in [1.54, 1.807) is 0 Å². The molecule has 1 fully saturated rings. The van der Waals surface area contributed by atoms with Crippen molar-refractivity contribution in [3.05, 3.63) is 83.4 Å². The minimum absolute atomic E-state index is 0.535. The van der Waals surface area contributed by atoms with E-state index >= 15 is 0 Å². The van der Waals surface area contributed by atoms with Crippen LogP contribution < -0.4 is 5.43 Å². The highest BCUT2D eigenvalue weighted by molar-refractivity contribution is 5.93. The first kappa shape index (κ1) is 17.2. The maximum atomic E-state index is 4.61. The fourth-order valence-electron chi connectivity index (χ4n) is 4.71. The van der Waals surface area contributed by atoms with E-state index in [1.807, 2.05) is 6.21 Å². The number of hydrazone groups is 1. The van der Waals surface area contributed by atoms with Crippen LogP contribution in [0.4, 0.5) is 0 Å². The lowest BCUT2D eigenvalue weighted by Gasteiger charge is -2.20. The summed E-state index contributed by atoms with van der Waals surface area (Å²) in [6, 6.07) is 24.6. The molecule has 0 aliphatic heterocycles. The van der Waals surface area contributed by atoms with E-state index in [9.17, 15) is 0 Å². The molecule has 2 aliphatic rings. The van der Waals surface area contributed by atoms with Crippen LogP contribution in [0.1, 0.15) is 48.8 Å². The largest absolute Gasteiger partial charge is 0.307 e. The minimum atomic E-state index is 0.535. The molecule has 0 heterocycles. The fraction of sp³-hybridized carbons (Fsp3) is 0.269. The Balaban J connectivity index is 1.47. The molecule has 140 valence electrons. The van der Waals surface area contributed by atoms with Crippen molar-refractivity contribution in [2.24, 2.45) is 5.10 Å². The van der Waals surface area contributed by atoms with E-state index in [-0.39, 0.29) is 0 Å². The lowest BCUT2D eigenvalue weighted by atomic mass is 9.93. The first-order valence-electron chi connectivity index (χ1n) is 10.5. The fourth-order valence-corrected chi connectivity index (χ4v) is 4.71. The molecule has 0 bridgehead atoms. The molecular formula is C26H26N2. The van der Waals surface area contributed by atoms with Crippen molar-refractivity contribution in [2.45, 2.75) is 44.6 Å². The van der Waals surface area contributed by atoms with Gasteiger partial charge in [0.25, 0.3) is 0 Å². The molecular weight excluding hydrogens is 340 g/mol. The summed E-state index contributed by atoms with van der Waals surface area (Å²) in [5.41, 5.74) is 12.8. The summed E-state index contributed by atoms with van der Waals surface area (Å²) in [5, 5.41) is 4.61. The monoisotopic (exact) mass is 366 g/mol. The molecule has 0 aromatic heterocycles. The first-order chi connectivity index (χ1) is 13.9. The van der Waals surface area contributed by atoms with Gasteiger partial charge < -0.3 is 5.43 Å². The van der Waals surface area contributed by atoms with Crippen LogP contribution in [-0.2, 0) is 6.42 Å². The van der Waals surface area contributed by atoms with Crippen molar-refractivity contribution >= 4 is 6.21 Å². The Morgan fingerprint density at radius 1 is 0.714 bits per heavy atom. The van der Waals surface area contributed by atoms with Crippen LogP contribution >= 0.6 is 0 Å². The van der Waals surface area contributed by atoms with Gasteiger partial charge in [-0.1, -0.05) is 86.0 Å². The van der Waals surface area contributed by atoms with E-state index < -0.39 is 0 Å². The molecule has 2 nitrogen and oxygen atoms in total. The maximum absolute atomic E-state index is 4.61. The van der Waals surface area contributed by atoms with E-state index in [0.29, 0.717) is 6.04 Å². The van der Waals surface area contributed by atoms with Crippen LogP contribution in [0.2, 0.25) is 0 Å². The Bertz CT molecular complexity index is 1010. The second kappa shape index (κ2) is 7.63. The number of benzene rings is 3. The quantitative estimate of drug-likeness (QED) is 0.338. The molecule has 1 N–H and O–H groups in total. The van der Waals surface area contributed by atoms with E-state index in [0.717, 1.165) is 6.42 Å². The van der Waals surface area contributed by atoms with Crippen molar-refractivity contribution in [2.75, 3.05) is 0 Å². The molecule has 0 unspecified atom stereocenters. The Morgan fingerprint density at radius 3 is 2.25 bits per heavy atom. The van der Waals surface area contributed by atoms with Gasteiger partial charge in [-0.3, -0.25) is 0 Å². The second-order valence-corrected chi connectivity index (χ2v) is 7.98. The number of hydrogen-bond donors (Lipinski definition) is 1. The summed E-state index contributed by atoms with van der Waals surface area (Å²) in [4.78, 5) is 0. The summed E-state index contributed by atoms with van der Waals surface area (Å²) in [6.45, 7) is 0. The van der Waals surface area contributed by atoms with Gasteiger partial charge in [-0.25, -0.2) is 0 Å². The molecule has 0 atom stereocenters. The van der Waals surface area contributed by atoms with Crippen LogP contribution in [0, 0.1) is 0 Å². The molecule has 2 aliphatic carbocycles. The van der Waals surface area contributed by atoms with Gasteiger partial charge in [-0.05, 0) is 52.6 Å². The van der Waals surface area contributed by atoms with Crippen LogP contribution in [0.5, 0.6) is 0 Å². The lowest BCUT2D eigenvalue weighted by Crippen LogP contribution is -2.26. The molecule has 0 saturated heterocycles.